The Bertz CT molecular complexity index is 1180. The lowest BCUT2D eigenvalue weighted by molar-refractivity contribution is 0.0954. The van der Waals surface area contributed by atoms with E-state index in [1.54, 1.807) is 13.3 Å². The standard InChI is InChI=1S/C22H21N5O2S/c1-14-18-20(24-11-15-6-5-8-17(10-15)29-2)26-13-27-22(18)30-19(14)21(28)25-12-16-7-3-4-9-23-16/h3-10,13H,11-12H2,1-2H3,(H,25,28)(H,24,26,27). The summed E-state index contributed by atoms with van der Waals surface area (Å²) in [5, 5.41) is 7.17. The molecule has 1 aromatic carbocycles. The van der Waals surface area contributed by atoms with Crippen LogP contribution in [0, 0.1) is 6.92 Å². The molecular formula is C22H21N5O2S. The first kappa shape index (κ1) is 19.8. The number of amides is 1. The van der Waals surface area contributed by atoms with Gasteiger partial charge in [0.15, 0.2) is 0 Å². The van der Waals surface area contributed by atoms with Crippen LogP contribution >= 0.6 is 11.3 Å². The summed E-state index contributed by atoms with van der Waals surface area (Å²) in [7, 11) is 1.65. The van der Waals surface area contributed by atoms with E-state index in [0.717, 1.165) is 32.8 Å². The van der Waals surface area contributed by atoms with Crippen LogP contribution < -0.4 is 15.4 Å². The van der Waals surface area contributed by atoms with Crippen molar-refractivity contribution in [2.45, 2.75) is 20.0 Å². The van der Waals surface area contributed by atoms with Gasteiger partial charge in [0.2, 0.25) is 0 Å². The number of methoxy groups -OCH3 is 1. The molecule has 0 saturated heterocycles. The number of pyridine rings is 1. The highest BCUT2D eigenvalue weighted by Crippen LogP contribution is 2.33. The summed E-state index contributed by atoms with van der Waals surface area (Å²) in [6.45, 7) is 2.88. The van der Waals surface area contributed by atoms with Crippen LogP contribution in [0.15, 0.2) is 55.0 Å². The van der Waals surface area contributed by atoms with Crippen molar-refractivity contribution in [3.63, 3.8) is 0 Å². The Kier molecular flexibility index (Phi) is 5.85. The van der Waals surface area contributed by atoms with E-state index in [1.807, 2.05) is 49.4 Å². The second kappa shape index (κ2) is 8.87. The van der Waals surface area contributed by atoms with Gasteiger partial charge in [-0.1, -0.05) is 18.2 Å². The first-order valence-corrected chi connectivity index (χ1v) is 10.3. The lowest BCUT2D eigenvalue weighted by Gasteiger charge is -2.09. The van der Waals surface area contributed by atoms with E-state index >= 15 is 0 Å². The summed E-state index contributed by atoms with van der Waals surface area (Å²) < 4.78 is 5.28. The summed E-state index contributed by atoms with van der Waals surface area (Å²) in [4.78, 5) is 27.2. The number of benzene rings is 1. The van der Waals surface area contributed by atoms with Crippen LogP contribution in [0.3, 0.4) is 0 Å². The topological polar surface area (TPSA) is 89.0 Å². The van der Waals surface area contributed by atoms with E-state index in [0.29, 0.717) is 23.8 Å². The fourth-order valence-electron chi connectivity index (χ4n) is 3.14. The maximum atomic E-state index is 12.8. The molecule has 4 rings (SSSR count). The van der Waals surface area contributed by atoms with Crippen molar-refractivity contribution < 1.29 is 9.53 Å². The van der Waals surface area contributed by atoms with Crippen molar-refractivity contribution >= 4 is 33.3 Å². The van der Waals surface area contributed by atoms with Crippen molar-refractivity contribution in [3.05, 3.63) is 76.7 Å². The van der Waals surface area contributed by atoms with E-state index in [-0.39, 0.29) is 5.91 Å². The molecule has 8 heteroatoms. The Morgan fingerprint density at radius 2 is 2.00 bits per heavy atom. The highest BCUT2D eigenvalue weighted by Gasteiger charge is 2.19. The van der Waals surface area contributed by atoms with E-state index in [2.05, 4.69) is 25.6 Å². The number of nitrogens with zero attached hydrogens (tertiary/aromatic N) is 3. The molecule has 0 bridgehead atoms. The van der Waals surface area contributed by atoms with Crippen LogP contribution in [0.1, 0.15) is 26.5 Å². The van der Waals surface area contributed by atoms with Crippen LogP contribution in [0.5, 0.6) is 5.75 Å². The zero-order chi connectivity index (χ0) is 20.9. The van der Waals surface area contributed by atoms with Crippen LogP contribution in [-0.4, -0.2) is 28.0 Å². The second-order valence-electron chi connectivity index (χ2n) is 6.67. The molecule has 0 unspecified atom stereocenters. The fourth-order valence-corrected chi connectivity index (χ4v) is 4.21. The first-order valence-electron chi connectivity index (χ1n) is 9.44. The van der Waals surface area contributed by atoms with Crippen LogP contribution in [-0.2, 0) is 13.1 Å². The van der Waals surface area contributed by atoms with Gasteiger partial charge in [0.05, 0.1) is 29.6 Å². The molecule has 0 atom stereocenters. The molecule has 152 valence electrons. The number of nitrogens with one attached hydrogen (secondary N) is 2. The molecule has 7 nitrogen and oxygen atoms in total. The SMILES string of the molecule is COc1cccc(CNc2ncnc3sc(C(=O)NCc4ccccn4)c(C)c23)c1. The number of hydrogen-bond donors (Lipinski definition) is 2. The monoisotopic (exact) mass is 419 g/mol. The average molecular weight is 420 g/mol. The average Bonchev–Trinajstić information content (AvgIpc) is 3.14. The number of carbonyl (C=O) groups excluding carboxylic acids is 1. The van der Waals surface area contributed by atoms with Crippen molar-refractivity contribution in [2.75, 3.05) is 12.4 Å². The first-order chi connectivity index (χ1) is 14.7. The summed E-state index contributed by atoms with van der Waals surface area (Å²) in [6, 6.07) is 13.5. The number of anilines is 1. The summed E-state index contributed by atoms with van der Waals surface area (Å²) >= 11 is 1.37. The zero-order valence-corrected chi connectivity index (χ0v) is 17.5. The second-order valence-corrected chi connectivity index (χ2v) is 7.67. The van der Waals surface area contributed by atoms with Gasteiger partial charge in [0, 0.05) is 12.7 Å². The minimum atomic E-state index is -0.139. The number of carbonyl (C=O) groups is 1. The summed E-state index contributed by atoms with van der Waals surface area (Å²) in [6.07, 6.45) is 3.23. The minimum absolute atomic E-state index is 0.139. The number of aryl methyl sites for hydroxylation is 1. The van der Waals surface area contributed by atoms with Gasteiger partial charge in [-0.05, 0) is 42.3 Å². The van der Waals surface area contributed by atoms with Crippen molar-refractivity contribution in [1.29, 1.82) is 0 Å². The number of fused-ring (bicyclic) bond motifs is 1. The molecule has 2 N–H and O–H groups in total. The minimum Gasteiger partial charge on any atom is -0.497 e. The van der Waals surface area contributed by atoms with Crippen molar-refractivity contribution in [2.24, 2.45) is 0 Å². The van der Waals surface area contributed by atoms with E-state index in [9.17, 15) is 4.79 Å². The third-order valence-electron chi connectivity index (χ3n) is 4.68. The molecule has 3 heterocycles. The van der Waals surface area contributed by atoms with Gasteiger partial charge in [-0.2, -0.15) is 0 Å². The smallest absolute Gasteiger partial charge is 0.262 e. The molecule has 0 saturated carbocycles. The fraction of sp³-hybridized carbons (Fsp3) is 0.182. The lowest BCUT2D eigenvalue weighted by atomic mass is 10.2. The summed E-state index contributed by atoms with van der Waals surface area (Å²) in [5.74, 6) is 1.38. The Balaban J connectivity index is 1.54. The molecule has 30 heavy (non-hydrogen) atoms. The van der Waals surface area contributed by atoms with Gasteiger partial charge in [0.25, 0.3) is 5.91 Å². The van der Waals surface area contributed by atoms with E-state index < -0.39 is 0 Å². The molecule has 4 aromatic rings. The Hall–Kier alpha value is -3.52. The number of rotatable bonds is 7. The molecule has 0 aliphatic carbocycles. The normalized spacial score (nSPS) is 10.7. The van der Waals surface area contributed by atoms with Gasteiger partial charge < -0.3 is 15.4 Å². The quantitative estimate of drug-likeness (QED) is 0.472. The summed E-state index contributed by atoms with van der Waals surface area (Å²) in [5.41, 5.74) is 2.75. The van der Waals surface area contributed by atoms with Crippen molar-refractivity contribution in [1.82, 2.24) is 20.3 Å². The number of aromatic nitrogens is 3. The third-order valence-corrected chi connectivity index (χ3v) is 5.88. The highest BCUT2D eigenvalue weighted by atomic mass is 32.1. The Labute approximate surface area is 178 Å². The largest absolute Gasteiger partial charge is 0.497 e. The number of hydrogen-bond acceptors (Lipinski definition) is 7. The predicted molar refractivity (Wildman–Crippen MR) is 118 cm³/mol. The zero-order valence-electron chi connectivity index (χ0n) is 16.7. The van der Waals surface area contributed by atoms with Gasteiger partial charge in [-0.15, -0.1) is 11.3 Å². The van der Waals surface area contributed by atoms with Crippen LogP contribution in [0.2, 0.25) is 0 Å². The van der Waals surface area contributed by atoms with E-state index in [4.69, 9.17) is 4.74 Å². The molecule has 0 aliphatic heterocycles. The maximum absolute atomic E-state index is 12.8. The molecule has 1 amide bonds. The lowest BCUT2D eigenvalue weighted by Crippen LogP contribution is -2.22. The van der Waals surface area contributed by atoms with Gasteiger partial charge in [0.1, 0.15) is 22.7 Å². The van der Waals surface area contributed by atoms with Crippen LogP contribution in [0.25, 0.3) is 10.2 Å². The van der Waals surface area contributed by atoms with Crippen molar-refractivity contribution in [3.8, 4) is 5.75 Å². The Morgan fingerprint density at radius 3 is 2.80 bits per heavy atom. The highest BCUT2D eigenvalue weighted by molar-refractivity contribution is 7.20. The molecule has 0 radical (unpaired) electrons. The molecular weight excluding hydrogens is 398 g/mol. The molecule has 3 aromatic heterocycles. The van der Waals surface area contributed by atoms with Gasteiger partial charge >= 0.3 is 0 Å². The Morgan fingerprint density at radius 1 is 1.10 bits per heavy atom. The number of thiophene rings is 1. The number of ether oxygens (including phenoxy) is 1. The van der Waals surface area contributed by atoms with Crippen LogP contribution in [0.4, 0.5) is 5.82 Å². The molecule has 0 aliphatic rings. The maximum Gasteiger partial charge on any atom is 0.262 e. The van der Waals surface area contributed by atoms with Gasteiger partial charge in [-0.3, -0.25) is 9.78 Å². The van der Waals surface area contributed by atoms with E-state index in [1.165, 1.54) is 17.7 Å². The van der Waals surface area contributed by atoms with Gasteiger partial charge in [-0.25, -0.2) is 9.97 Å². The molecule has 0 spiro atoms. The third kappa shape index (κ3) is 4.23. The molecule has 0 fully saturated rings. The predicted octanol–water partition coefficient (Wildman–Crippen LogP) is 3.95.